The lowest BCUT2D eigenvalue weighted by molar-refractivity contribution is 0.562. The van der Waals surface area contributed by atoms with Gasteiger partial charge in [0, 0.05) is 8.31 Å². The van der Waals surface area contributed by atoms with E-state index in [1.165, 1.54) is 67.5 Å². The molecule has 1 unspecified atom stereocenters. The predicted molar refractivity (Wildman–Crippen MR) is 79.6 cm³/mol. The average molecular weight is 245 g/mol. The number of unbranched alkanes of at least 4 members (excludes halogenated alkanes) is 9. The minimum Gasteiger partial charge on any atom is -0.0746 e. The van der Waals surface area contributed by atoms with Gasteiger partial charge in [0.15, 0.2) is 0 Å². The zero-order valence-electron chi connectivity index (χ0n) is 11.4. The van der Waals surface area contributed by atoms with Crippen LogP contribution < -0.4 is 0 Å². The summed E-state index contributed by atoms with van der Waals surface area (Å²) in [6.07, 6.45) is 14.9. The van der Waals surface area contributed by atoms with Gasteiger partial charge in [-0.1, -0.05) is 83.7 Å². The van der Waals surface area contributed by atoms with Crippen molar-refractivity contribution in [3.05, 3.63) is 0 Å². The third-order valence-corrected chi connectivity index (χ3v) is 6.43. The van der Waals surface area contributed by atoms with Crippen LogP contribution in [0, 0.1) is 0 Å². The summed E-state index contributed by atoms with van der Waals surface area (Å²) in [5.74, 6) is 0. The lowest BCUT2D eigenvalue weighted by atomic mass is 10.1. The monoisotopic (exact) mass is 244 g/mol. The van der Waals surface area contributed by atoms with Crippen molar-refractivity contribution >= 4 is 18.1 Å². The average Bonchev–Trinajstić information content (AvgIpc) is 2.20. The van der Waals surface area contributed by atoms with Crippen LogP contribution in [0.2, 0.25) is 12.6 Å². The van der Waals surface area contributed by atoms with Gasteiger partial charge in [-0.2, -0.15) is 0 Å². The fraction of sp³-hybridized carbons (Fsp3) is 1.00. The van der Waals surface area contributed by atoms with Gasteiger partial charge in [-0.25, -0.2) is 0 Å². The standard InChI is InChI=1S/C13H32Si2/c1-3-4-5-6-7-8-9-10-11-12-13-15(2)14/h15H,3-13H2,1-2,14H3. The molecule has 0 spiro atoms. The summed E-state index contributed by atoms with van der Waals surface area (Å²) in [4.78, 5) is 0. The fourth-order valence-corrected chi connectivity index (χ4v) is 4.37. The second kappa shape index (κ2) is 12.5. The molecule has 0 aliphatic carbocycles. The van der Waals surface area contributed by atoms with Crippen LogP contribution in [0.15, 0.2) is 0 Å². The Balaban J connectivity index is 2.87. The number of hydrogen-bond acceptors (Lipinski definition) is 0. The first-order chi connectivity index (χ1) is 7.27. The van der Waals surface area contributed by atoms with Crippen molar-refractivity contribution in [3.8, 4) is 0 Å². The summed E-state index contributed by atoms with van der Waals surface area (Å²) in [6.45, 7) is 4.82. The van der Waals surface area contributed by atoms with Crippen LogP contribution in [0.1, 0.15) is 71.1 Å². The molecule has 2 heteroatoms. The van der Waals surface area contributed by atoms with Crippen LogP contribution in [0.25, 0.3) is 0 Å². The van der Waals surface area contributed by atoms with Crippen LogP contribution in [-0.2, 0) is 0 Å². The molecule has 15 heavy (non-hydrogen) atoms. The minimum absolute atomic E-state index is 0.110. The van der Waals surface area contributed by atoms with E-state index in [0.717, 1.165) is 0 Å². The molecule has 0 fully saturated rings. The maximum Gasteiger partial charge on any atom is 0.0171 e. The van der Waals surface area contributed by atoms with E-state index in [2.05, 4.69) is 13.5 Å². The summed E-state index contributed by atoms with van der Waals surface area (Å²) < 4.78 is 0. The molecule has 0 rings (SSSR count). The van der Waals surface area contributed by atoms with Crippen LogP contribution in [-0.4, -0.2) is 18.1 Å². The summed E-state index contributed by atoms with van der Waals surface area (Å²) in [5.41, 5.74) is 0. The zero-order valence-corrected chi connectivity index (χ0v) is 14.5. The second-order valence-electron chi connectivity index (χ2n) is 5.36. The summed E-state index contributed by atoms with van der Waals surface area (Å²) in [7, 11) is 1.42. The van der Waals surface area contributed by atoms with E-state index in [4.69, 9.17) is 0 Å². The fourth-order valence-electron chi connectivity index (χ4n) is 2.04. The van der Waals surface area contributed by atoms with E-state index >= 15 is 0 Å². The first-order valence-electron chi connectivity index (χ1n) is 7.27. The molecule has 92 valence electrons. The van der Waals surface area contributed by atoms with Crippen molar-refractivity contribution < 1.29 is 0 Å². The molecule has 0 bridgehead atoms. The van der Waals surface area contributed by atoms with E-state index in [9.17, 15) is 0 Å². The maximum absolute atomic E-state index is 2.53. The summed E-state index contributed by atoms with van der Waals surface area (Å²) in [5, 5.41) is 0. The molecule has 0 amide bonds. The van der Waals surface area contributed by atoms with Gasteiger partial charge >= 0.3 is 0 Å². The summed E-state index contributed by atoms with van der Waals surface area (Å²) in [6, 6.07) is 1.63. The molecule has 0 aromatic rings. The van der Waals surface area contributed by atoms with E-state index in [1.54, 1.807) is 12.5 Å². The lowest BCUT2D eigenvalue weighted by Gasteiger charge is -2.03. The molecule has 0 aliphatic heterocycles. The Morgan fingerprint density at radius 3 is 1.53 bits per heavy atom. The molecule has 0 saturated heterocycles. The molecular formula is C13H32Si2. The van der Waals surface area contributed by atoms with Gasteiger partial charge in [0.25, 0.3) is 0 Å². The Hall–Kier alpha value is 0.434. The zero-order chi connectivity index (χ0) is 11.4. The van der Waals surface area contributed by atoms with Gasteiger partial charge in [-0.3, -0.25) is 0 Å². The normalized spacial score (nSPS) is 13.2. The predicted octanol–water partition coefficient (Wildman–Crippen LogP) is 3.63. The second-order valence-corrected chi connectivity index (χ2v) is 14.6. The molecular weight excluding hydrogens is 212 g/mol. The van der Waals surface area contributed by atoms with Gasteiger partial charge in [0.1, 0.15) is 0 Å². The van der Waals surface area contributed by atoms with Gasteiger partial charge in [0.2, 0.25) is 0 Å². The number of hydrogen-bond donors (Lipinski definition) is 0. The van der Waals surface area contributed by atoms with E-state index in [-0.39, 0.29) is 8.31 Å². The van der Waals surface area contributed by atoms with Crippen LogP contribution in [0.3, 0.4) is 0 Å². The first-order valence-corrected chi connectivity index (χ1v) is 13.9. The molecule has 1 atom stereocenters. The van der Waals surface area contributed by atoms with E-state index in [0.29, 0.717) is 0 Å². The van der Waals surface area contributed by atoms with Crippen molar-refractivity contribution in [2.75, 3.05) is 0 Å². The largest absolute Gasteiger partial charge is 0.0746 e. The molecule has 0 aliphatic rings. The van der Waals surface area contributed by atoms with E-state index < -0.39 is 0 Å². The van der Waals surface area contributed by atoms with E-state index in [1.807, 2.05) is 0 Å². The van der Waals surface area contributed by atoms with Crippen LogP contribution >= 0.6 is 0 Å². The molecule has 0 nitrogen and oxygen atoms in total. The SMILES string of the molecule is CCCCCCCCCCCC[SiH](C)[SiH3]. The molecule has 0 aromatic carbocycles. The summed E-state index contributed by atoms with van der Waals surface area (Å²) >= 11 is 0. The van der Waals surface area contributed by atoms with Crippen molar-refractivity contribution in [3.63, 3.8) is 0 Å². The van der Waals surface area contributed by atoms with Gasteiger partial charge in [0.05, 0.1) is 0 Å². The third-order valence-electron chi connectivity index (χ3n) is 3.14. The first kappa shape index (κ1) is 15.4. The number of rotatable bonds is 11. The topological polar surface area (TPSA) is 0 Å². The van der Waals surface area contributed by atoms with Crippen molar-refractivity contribution in [2.45, 2.75) is 83.7 Å². The van der Waals surface area contributed by atoms with Crippen LogP contribution in [0.4, 0.5) is 0 Å². The van der Waals surface area contributed by atoms with Gasteiger partial charge in [-0.15, -0.1) is 0 Å². The van der Waals surface area contributed by atoms with Gasteiger partial charge < -0.3 is 0 Å². The molecule has 0 radical (unpaired) electrons. The molecule has 0 N–H and O–H groups in total. The third kappa shape index (κ3) is 14.4. The molecule has 0 heterocycles. The van der Waals surface area contributed by atoms with Crippen molar-refractivity contribution in [1.82, 2.24) is 0 Å². The van der Waals surface area contributed by atoms with Crippen LogP contribution in [0.5, 0.6) is 0 Å². The minimum atomic E-state index is -0.110. The quantitative estimate of drug-likeness (QED) is 0.385. The Bertz CT molecular complexity index is 113. The Morgan fingerprint density at radius 2 is 1.13 bits per heavy atom. The lowest BCUT2D eigenvalue weighted by Crippen LogP contribution is -2.04. The smallest absolute Gasteiger partial charge is 0.0171 e. The highest BCUT2D eigenvalue weighted by Gasteiger charge is 1.95. The highest BCUT2D eigenvalue weighted by atomic mass is 29.1. The Morgan fingerprint density at radius 1 is 0.733 bits per heavy atom. The van der Waals surface area contributed by atoms with Crippen molar-refractivity contribution in [2.24, 2.45) is 0 Å². The highest BCUT2D eigenvalue weighted by Crippen LogP contribution is 2.11. The molecule has 0 saturated carbocycles. The van der Waals surface area contributed by atoms with Gasteiger partial charge in [-0.05, 0) is 9.76 Å². The Kier molecular flexibility index (Phi) is 12.9. The van der Waals surface area contributed by atoms with Crippen molar-refractivity contribution in [1.29, 1.82) is 0 Å². The maximum atomic E-state index is 2.53. The Labute approximate surface area is 102 Å². The highest BCUT2D eigenvalue weighted by molar-refractivity contribution is 7.02. The molecule has 0 aromatic heterocycles.